The number of aromatic carboxylic acids is 1. The summed E-state index contributed by atoms with van der Waals surface area (Å²) in [7, 11) is 0. The van der Waals surface area contributed by atoms with Gasteiger partial charge in [-0.05, 0) is 44.6 Å². The minimum absolute atomic E-state index is 0.138. The summed E-state index contributed by atoms with van der Waals surface area (Å²) in [5.41, 5.74) is 1.05. The van der Waals surface area contributed by atoms with E-state index in [0.29, 0.717) is 24.3 Å². The standard InChI is InChI=1S/C16H23NO4S/c1-3-12-10(2)22-15(14(12)16(19)20)17-13(18)8-7-11-6-4-5-9-21-11/h11H,3-9H2,1-2H3,(H,17,18)(H,19,20). The molecule has 122 valence electrons. The normalized spacial score (nSPS) is 18.2. The van der Waals surface area contributed by atoms with Crippen LogP contribution in [0, 0.1) is 6.92 Å². The van der Waals surface area contributed by atoms with Gasteiger partial charge in [0.2, 0.25) is 5.91 Å². The summed E-state index contributed by atoms with van der Waals surface area (Å²) >= 11 is 1.34. The molecule has 1 aliphatic rings. The number of ether oxygens (including phenoxy) is 1. The van der Waals surface area contributed by atoms with Crippen molar-refractivity contribution in [2.24, 2.45) is 0 Å². The molecule has 0 saturated carbocycles. The maximum Gasteiger partial charge on any atom is 0.339 e. The fourth-order valence-corrected chi connectivity index (χ4v) is 3.99. The minimum atomic E-state index is -0.980. The molecule has 1 fully saturated rings. The second kappa shape index (κ2) is 7.74. The molecular weight excluding hydrogens is 302 g/mol. The first-order valence-corrected chi connectivity index (χ1v) is 8.61. The number of carboxylic acid groups (broad SMARTS) is 1. The number of thiophene rings is 1. The van der Waals surface area contributed by atoms with Crippen LogP contribution in [0.15, 0.2) is 0 Å². The van der Waals surface area contributed by atoms with E-state index in [1.54, 1.807) is 0 Å². The Hall–Kier alpha value is -1.40. The molecule has 0 aromatic carbocycles. The summed E-state index contributed by atoms with van der Waals surface area (Å²) in [5, 5.41) is 12.6. The third kappa shape index (κ3) is 4.08. The van der Waals surface area contributed by atoms with Gasteiger partial charge in [-0.3, -0.25) is 4.79 Å². The lowest BCUT2D eigenvalue weighted by molar-refractivity contribution is -0.117. The molecule has 1 unspecified atom stereocenters. The van der Waals surface area contributed by atoms with Gasteiger partial charge in [0.05, 0.1) is 11.7 Å². The first-order valence-electron chi connectivity index (χ1n) is 7.80. The van der Waals surface area contributed by atoms with Gasteiger partial charge >= 0.3 is 5.97 Å². The summed E-state index contributed by atoms with van der Waals surface area (Å²) in [6.45, 7) is 4.59. The van der Waals surface area contributed by atoms with E-state index in [1.165, 1.54) is 11.3 Å². The van der Waals surface area contributed by atoms with Crippen molar-refractivity contribution in [3.05, 3.63) is 16.0 Å². The van der Waals surface area contributed by atoms with Crippen LogP contribution in [0.25, 0.3) is 0 Å². The van der Waals surface area contributed by atoms with Crippen LogP contribution in [0.1, 0.15) is 59.8 Å². The van der Waals surface area contributed by atoms with E-state index in [4.69, 9.17) is 4.74 Å². The molecule has 1 aliphatic heterocycles. The molecule has 2 rings (SSSR count). The maximum absolute atomic E-state index is 12.1. The molecule has 6 heteroatoms. The van der Waals surface area contributed by atoms with Crippen LogP contribution in [-0.4, -0.2) is 29.7 Å². The predicted molar refractivity (Wildman–Crippen MR) is 86.8 cm³/mol. The monoisotopic (exact) mass is 325 g/mol. The highest BCUT2D eigenvalue weighted by molar-refractivity contribution is 7.16. The molecule has 0 radical (unpaired) electrons. The van der Waals surface area contributed by atoms with Gasteiger partial charge in [0.25, 0.3) is 0 Å². The van der Waals surface area contributed by atoms with Crippen molar-refractivity contribution in [1.29, 1.82) is 0 Å². The molecule has 1 amide bonds. The van der Waals surface area contributed by atoms with E-state index in [2.05, 4.69) is 5.32 Å². The lowest BCUT2D eigenvalue weighted by atomic mass is 10.0. The van der Waals surface area contributed by atoms with Gasteiger partial charge in [0.15, 0.2) is 0 Å². The van der Waals surface area contributed by atoms with E-state index in [0.717, 1.165) is 36.3 Å². The summed E-state index contributed by atoms with van der Waals surface area (Å²) in [5.74, 6) is -1.12. The number of rotatable bonds is 6. The number of amides is 1. The minimum Gasteiger partial charge on any atom is -0.478 e. The first kappa shape index (κ1) is 17.0. The SMILES string of the molecule is CCc1c(C)sc(NC(=O)CCC2CCCCO2)c1C(=O)O. The van der Waals surface area contributed by atoms with Crippen LogP contribution in [0.3, 0.4) is 0 Å². The summed E-state index contributed by atoms with van der Waals surface area (Å²) in [4.78, 5) is 24.5. The number of hydrogen-bond donors (Lipinski definition) is 2. The van der Waals surface area contributed by atoms with Crippen LogP contribution >= 0.6 is 11.3 Å². The topological polar surface area (TPSA) is 75.6 Å². The Balaban J connectivity index is 1.97. The van der Waals surface area contributed by atoms with Crippen LogP contribution in [0.2, 0.25) is 0 Å². The highest BCUT2D eigenvalue weighted by Gasteiger charge is 2.22. The molecule has 1 aromatic heterocycles. The number of nitrogens with one attached hydrogen (secondary N) is 1. The van der Waals surface area contributed by atoms with Crippen LogP contribution in [0.5, 0.6) is 0 Å². The quantitative estimate of drug-likeness (QED) is 0.838. The number of carboxylic acids is 1. The third-order valence-electron chi connectivity index (χ3n) is 4.00. The van der Waals surface area contributed by atoms with E-state index >= 15 is 0 Å². The molecular formula is C16H23NO4S. The lowest BCUT2D eigenvalue weighted by Gasteiger charge is -2.22. The predicted octanol–water partition coefficient (Wildman–Crippen LogP) is 3.60. The molecule has 2 N–H and O–H groups in total. The second-order valence-corrected chi connectivity index (χ2v) is 6.80. The molecule has 0 bridgehead atoms. The number of carbonyl (C=O) groups excluding carboxylic acids is 1. The van der Waals surface area contributed by atoms with Gasteiger partial charge in [-0.25, -0.2) is 4.79 Å². The van der Waals surface area contributed by atoms with Gasteiger partial charge in [-0.1, -0.05) is 6.92 Å². The Labute approximate surface area is 134 Å². The fourth-order valence-electron chi connectivity index (χ4n) is 2.84. The molecule has 5 nitrogen and oxygen atoms in total. The Morgan fingerprint density at radius 3 is 2.77 bits per heavy atom. The van der Waals surface area contributed by atoms with E-state index < -0.39 is 5.97 Å². The van der Waals surface area contributed by atoms with Crippen molar-refractivity contribution in [3.8, 4) is 0 Å². The average molecular weight is 325 g/mol. The fraction of sp³-hybridized carbons (Fsp3) is 0.625. The number of aryl methyl sites for hydroxylation is 1. The molecule has 2 heterocycles. The van der Waals surface area contributed by atoms with Crippen molar-refractivity contribution in [2.75, 3.05) is 11.9 Å². The van der Waals surface area contributed by atoms with E-state index in [9.17, 15) is 14.7 Å². The number of anilines is 1. The second-order valence-electron chi connectivity index (χ2n) is 5.58. The van der Waals surface area contributed by atoms with Crippen molar-refractivity contribution < 1.29 is 19.4 Å². The van der Waals surface area contributed by atoms with Crippen LogP contribution in [-0.2, 0) is 16.0 Å². The van der Waals surface area contributed by atoms with Gasteiger partial charge in [0.1, 0.15) is 5.00 Å². The van der Waals surface area contributed by atoms with Crippen LogP contribution < -0.4 is 5.32 Å². The zero-order valence-corrected chi connectivity index (χ0v) is 13.9. The first-order chi connectivity index (χ1) is 10.5. The van der Waals surface area contributed by atoms with Crippen molar-refractivity contribution in [1.82, 2.24) is 0 Å². The van der Waals surface area contributed by atoms with Crippen LogP contribution in [0.4, 0.5) is 5.00 Å². The Kier molecular flexibility index (Phi) is 5.97. The van der Waals surface area contributed by atoms with E-state index in [-0.39, 0.29) is 17.6 Å². The summed E-state index contributed by atoms with van der Waals surface area (Å²) < 4.78 is 5.61. The zero-order chi connectivity index (χ0) is 16.1. The van der Waals surface area contributed by atoms with Crippen molar-refractivity contribution in [3.63, 3.8) is 0 Å². The number of hydrogen-bond acceptors (Lipinski definition) is 4. The average Bonchev–Trinajstić information content (AvgIpc) is 2.81. The lowest BCUT2D eigenvalue weighted by Crippen LogP contribution is -2.22. The molecule has 1 atom stereocenters. The maximum atomic E-state index is 12.1. The molecule has 22 heavy (non-hydrogen) atoms. The summed E-state index contributed by atoms with van der Waals surface area (Å²) in [6, 6.07) is 0. The van der Waals surface area contributed by atoms with Gasteiger partial charge in [0, 0.05) is 17.9 Å². The van der Waals surface area contributed by atoms with Crippen molar-refractivity contribution in [2.45, 2.75) is 58.5 Å². The number of carbonyl (C=O) groups is 2. The Morgan fingerprint density at radius 1 is 1.41 bits per heavy atom. The highest BCUT2D eigenvalue weighted by atomic mass is 32.1. The zero-order valence-electron chi connectivity index (χ0n) is 13.1. The summed E-state index contributed by atoms with van der Waals surface area (Å²) in [6.07, 6.45) is 5.12. The van der Waals surface area contributed by atoms with E-state index in [1.807, 2.05) is 13.8 Å². The van der Waals surface area contributed by atoms with Gasteiger partial charge in [-0.15, -0.1) is 11.3 Å². The molecule has 0 aliphatic carbocycles. The molecule has 1 aromatic rings. The van der Waals surface area contributed by atoms with Crippen molar-refractivity contribution >= 4 is 28.2 Å². The Bertz CT molecular complexity index is 547. The van der Waals surface area contributed by atoms with Gasteiger partial charge in [-0.2, -0.15) is 0 Å². The third-order valence-corrected chi connectivity index (χ3v) is 5.06. The Morgan fingerprint density at radius 2 is 2.18 bits per heavy atom. The molecule has 1 saturated heterocycles. The largest absolute Gasteiger partial charge is 0.478 e. The highest BCUT2D eigenvalue weighted by Crippen LogP contribution is 2.33. The smallest absolute Gasteiger partial charge is 0.339 e. The van der Waals surface area contributed by atoms with Gasteiger partial charge < -0.3 is 15.2 Å². The molecule has 0 spiro atoms.